The van der Waals surface area contributed by atoms with Gasteiger partial charge in [-0.15, -0.1) is 0 Å². The molecule has 0 saturated carbocycles. The zero-order valence-corrected chi connectivity index (χ0v) is 68.8. The first-order valence-corrected chi connectivity index (χ1v) is 45.0. The number of aliphatic hydroxyl groups excluding tert-OH is 11. The van der Waals surface area contributed by atoms with Crippen molar-refractivity contribution in [3.05, 3.63) is 60.8 Å². The van der Waals surface area contributed by atoms with Crippen LogP contribution in [0.5, 0.6) is 0 Å². The molecule has 0 aromatic heterocycles. The largest absolute Gasteiger partial charge is 0.394 e. The summed E-state index contributed by atoms with van der Waals surface area (Å²) < 4.78 is 34.5. The molecular formula is C90H165NO18. The maximum Gasteiger partial charge on any atom is 0.220 e. The Morgan fingerprint density at radius 1 is 0.330 bits per heavy atom. The lowest BCUT2D eigenvalue weighted by Gasteiger charge is -2.48. The molecule has 17 unspecified atom stereocenters. The first kappa shape index (κ1) is 101. The van der Waals surface area contributed by atoms with Gasteiger partial charge in [0.05, 0.1) is 38.6 Å². The van der Waals surface area contributed by atoms with Gasteiger partial charge in [0.25, 0.3) is 0 Å². The summed E-state index contributed by atoms with van der Waals surface area (Å²) in [7, 11) is 0. The van der Waals surface area contributed by atoms with E-state index < -0.39 is 124 Å². The SMILES string of the molecule is CCCCCCC/C=C\C/C=C\C/C=C\CCCCCCCCCCCCCCCCCCCCC(=O)NC(COC1OC(CO)C(OC2OC(CO)C(OC3OC(CO)C(O)C(O)C3O)C(O)C2O)C(O)C1O)C(O)/C=C/CC/C=C/CCCCCCCCCCCCCCCCCCCCCCCCCCC. The van der Waals surface area contributed by atoms with Gasteiger partial charge in [0, 0.05) is 6.42 Å². The fraction of sp³-hybridized carbons (Fsp3) is 0.878. The minimum Gasteiger partial charge on any atom is -0.394 e. The third-order valence-electron chi connectivity index (χ3n) is 22.3. The lowest BCUT2D eigenvalue weighted by molar-refractivity contribution is -0.379. The highest BCUT2D eigenvalue weighted by Crippen LogP contribution is 2.34. The summed E-state index contributed by atoms with van der Waals surface area (Å²) in [5.41, 5.74) is 0. The third-order valence-corrected chi connectivity index (χ3v) is 22.3. The molecule has 109 heavy (non-hydrogen) atoms. The highest BCUT2D eigenvalue weighted by Gasteiger charge is 2.54. The van der Waals surface area contributed by atoms with Crippen molar-refractivity contribution in [2.75, 3.05) is 26.4 Å². The molecule has 3 rings (SSSR count). The number of rotatable bonds is 73. The number of carbonyl (C=O) groups is 1. The van der Waals surface area contributed by atoms with Gasteiger partial charge >= 0.3 is 0 Å². The zero-order valence-electron chi connectivity index (χ0n) is 68.8. The third kappa shape index (κ3) is 48.6. The molecule has 1 amide bonds. The number of nitrogens with one attached hydrogen (secondary N) is 1. The quantitative estimate of drug-likeness (QED) is 0.0199. The maximum atomic E-state index is 13.5. The summed E-state index contributed by atoms with van der Waals surface area (Å²) in [6.07, 6.45) is 65.2. The van der Waals surface area contributed by atoms with Crippen LogP contribution in [0.4, 0.5) is 0 Å². The van der Waals surface area contributed by atoms with Crippen LogP contribution in [0.1, 0.15) is 373 Å². The van der Waals surface area contributed by atoms with E-state index >= 15 is 0 Å². The number of amides is 1. The molecule has 3 aliphatic heterocycles. The Morgan fingerprint density at radius 2 is 0.615 bits per heavy atom. The number of carbonyl (C=O) groups excluding carboxylic acids is 1. The van der Waals surface area contributed by atoms with E-state index in [9.17, 15) is 61.0 Å². The molecule has 0 radical (unpaired) electrons. The Kier molecular flexibility index (Phi) is 64.4. The van der Waals surface area contributed by atoms with Crippen LogP contribution in [0, 0.1) is 0 Å². The monoisotopic (exact) mass is 1550 g/mol. The predicted octanol–water partition coefficient (Wildman–Crippen LogP) is 17.0. The van der Waals surface area contributed by atoms with Crippen molar-refractivity contribution in [1.82, 2.24) is 5.32 Å². The van der Waals surface area contributed by atoms with Crippen molar-refractivity contribution in [2.24, 2.45) is 0 Å². The van der Waals surface area contributed by atoms with Gasteiger partial charge in [-0.3, -0.25) is 4.79 Å². The average molecular weight is 1550 g/mol. The molecule has 0 bridgehead atoms. The molecule has 638 valence electrons. The smallest absolute Gasteiger partial charge is 0.220 e. The van der Waals surface area contributed by atoms with Crippen LogP contribution in [-0.2, 0) is 33.2 Å². The van der Waals surface area contributed by atoms with Crippen LogP contribution in [-0.4, -0.2) is 193 Å². The predicted molar refractivity (Wildman–Crippen MR) is 439 cm³/mol. The summed E-state index contributed by atoms with van der Waals surface area (Å²) in [5.74, 6) is -0.280. The molecular weight excluding hydrogens is 1380 g/mol. The lowest BCUT2D eigenvalue weighted by atomic mass is 9.96. The normalized spacial score (nSPS) is 25.5. The minimum absolute atomic E-state index is 0.236. The fourth-order valence-electron chi connectivity index (χ4n) is 15.1. The van der Waals surface area contributed by atoms with Crippen LogP contribution in [0.3, 0.4) is 0 Å². The molecule has 3 aliphatic rings. The Hall–Kier alpha value is -2.51. The molecule has 3 heterocycles. The van der Waals surface area contributed by atoms with E-state index in [1.807, 2.05) is 6.08 Å². The molecule has 12 N–H and O–H groups in total. The highest BCUT2D eigenvalue weighted by atomic mass is 16.8. The summed E-state index contributed by atoms with van der Waals surface area (Å²) in [6, 6.07) is -0.994. The van der Waals surface area contributed by atoms with Crippen LogP contribution in [0.2, 0.25) is 0 Å². The van der Waals surface area contributed by atoms with E-state index in [0.717, 1.165) is 51.4 Å². The van der Waals surface area contributed by atoms with Gasteiger partial charge in [0.1, 0.15) is 73.2 Å². The summed E-state index contributed by atoms with van der Waals surface area (Å²) in [4.78, 5) is 13.5. The second kappa shape index (κ2) is 69.8. The van der Waals surface area contributed by atoms with E-state index in [0.29, 0.717) is 12.8 Å². The van der Waals surface area contributed by atoms with Gasteiger partial charge < -0.3 is 89.9 Å². The number of allylic oxidation sites excluding steroid dienone is 9. The topological polar surface area (TPSA) is 307 Å². The van der Waals surface area contributed by atoms with E-state index in [1.165, 1.54) is 289 Å². The van der Waals surface area contributed by atoms with Gasteiger partial charge in [0.2, 0.25) is 5.91 Å². The fourth-order valence-corrected chi connectivity index (χ4v) is 15.1. The molecule has 19 heteroatoms. The Bertz CT molecular complexity index is 2200. The molecule has 17 atom stereocenters. The van der Waals surface area contributed by atoms with Crippen molar-refractivity contribution < 1.29 is 89.4 Å². The van der Waals surface area contributed by atoms with Crippen molar-refractivity contribution in [1.29, 1.82) is 0 Å². The van der Waals surface area contributed by atoms with Gasteiger partial charge in [-0.1, -0.05) is 357 Å². The Labute approximate surface area is 662 Å². The summed E-state index contributed by atoms with van der Waals surface area (Å²) in [6.45, 7) is 1.76. The molecule has 19 nitrogen and oxygen atoms in total. The van der Waals surface area contributed by atoms with Gasteiger partial charge in [0.15, 0.2) is 18.9 Å². The van der Waals surface area contributed by atoms with Gasteiger partial charge in [-0.25, -0.2) is 0 Å². The van der Waals surface area contributed by atoms with Gasteiger partial charge in [-0.05, 0) is 70.6 Å². The van der Waals surface area contributed by atoms with Crippen LogP contribution in [0.15, 0.2) is 60.8 Å². The number of aliphatic hydroxyl groups is 11. The number of hydrogen-bond acceptors (Lipinski definition) is 18. The van der Waals surface area contributed by atoms with Crippen molar-refractivity contribution in [3.8, 4) is 0 Å². The van der Waals surface area contributed by atoms with Crippen LogP contribution >= 0.6 is 0 Å². The van der Waals surface area contributed by atoms with E-state index in [2.05, 4.69) is 67.8 Å². The Balaban J connectivity index is 1.34. The van der Waals surface area contributed by atoms with Crippen molar-refractivity contribution in [2.45, 2.75) is 478 Å². The summed E-state index contributed by atoms with van der Waals surface area (Å²) in [5, 5.41) is 121. The lowest BCUT2D eigenvalue weighted by Crippen LogP contribution is -2.66. The number of ether oxygens (including phenoxy) is 6. The molecule has 3 fully saturated rings. The first-order valence-electron chi connectivity index (χ1n) is 45.0. The minimum atomic E-state index is -1.98. The van der Waals surface area contributed by atoms with E-state index in [1.54, 1.807) is 6.08 Å². The van der Waals surface area contributed by atoms with Crippen molar-refractivity contribution >= 4 is 5.91 Å². The number of unbranched alkanes of at least 4 members (excludes halogenated alkanes) is 49. The molecule has 0 spiro atoms. The van der Waals surface area contributed by atoms with Crippen molar-refractivity contribution in [3.63, 3.8) is 0 Å². The second-order valence-corrected chi connectivity index (χ2v) is 32.1. The molecule has 0 aromatic carbocycles. The highest BCUT2D eigenvalue weighted by molar-refractivity contribution is 5.76. The van der Waals surface area contributed by atoms with Crippen LogP contribution in [0.25, 0.3) is 0 Å². The van der Waals surface area contributed by atoms with E-state index in [4.69, 9.17) is 28.4 Å². The van der Waals surface area contributed by atoms with Gasteiger partial charge in [-0.2, -0.15) is 0 Å². The Morgan fingerprint density at radius 3 is 0.982 bits per heavy atom. The second-order valence-electron chi connectivity index (χ2n) is 32.1. The number of hydrogen-bond donors (Lipinski definition) is 12. The van der Waals surface area contributed by atoms with Crippen LogP contribution < -0.4 is 5.32 Å². The molecule has 3 saturated heterocycles. The average Bonchev–Trinajstić information content (AvgIpc) is 0.782. The molecule has 0 aromatic rings. The van der Waals surface area contributed by atoms with E-state index in [-0.39, 0.29) is 18.9 Å². The standard InChI is InChI=1S/C90H165NO18/c1-3-5-7-9-11-13-15-17-19-21-23-25-27-29-31-33-35-36-38-40-42-44-46-48-50-52-54-56-58-60-62-64-66-68-78(96)91-73(74(95)67-65-63-61-59-57-55-53-51-49-47-45-43-41-39-37-34-32-30-28-26-24-22-20-18-16-14-12-10-8-6-4-2)72-104-88-84(102)81(99)86(76(70-93)106-88)109-90-85(103)82(100)87(77(71-94)107-90)108-89-83(101)80(98)79(97)75(69-92)105-89/h15,17,21,23,27,29,57,59,65,67,73-77,79-90,92-95,97-103H,3-14,16,18-20,22,24-26,28,30-56,58,60-64,66,68-72H2,1-2H3,(H,91,96)/b17-15-,23-21-,29-27-,59-57+,67-65+. The zero-order chi connectivity index (χ0) is 78.8. The maximum absolute atomic E-state index is 13.5. The molecule has 0 aliphatic carbocycles. The first-order chi connectivity index (χ1) is 53.3. The summed E-state index contributed by atoms with van der Waals surface area (Å²) >= 11 is 0.